The summed E-state index contributed by atoms with van der Waals surface area (Å²) in [6.45, 7) is 0. The van der Waals surface area contributed by atoms with Gasteiger partial charge in [0.05, 0.1) is 11.4 Å². The lowest BCUT2D eigenvalue weighted by Gasteiger charge is -2.05. The maximum atomic E-state index is 13.3. The Morgan fingerprint density at radius 1 is 1.05 bits per heavy atom. The fourth-order valence-corrected chi connectivity index (χ4v) is 2.45. The van der Waals surface area contributed by atoms with Crippen LogP contribution in [-0.2, 0) is 0 Å². The Morgan fingerprint density at radius 2 is 1.85 bits per heavy atom. The third-order valence-electron chi connectivity index (χ3n) is 2.94. The van der Waals surface area contributed by atoms with E-state index < -0.39 is 0 Å². The third-order valence-corrected chi connectivity index (χ3v) is 3.61. The average Bonchev–Trinajstić information content (AvgIpc) is 2.81. The number of anilines is 1. The molecule has 0 atom stereocenters. The summed E-state index contributed by atoms with van der Waals surface area (Å²) in [5, 5.41) is 4.45. The highest BCUT2D eigenvalue weighted by Crippen LogP contribution is 2.27. The molecule has 3 nitrogen and oxygen atoms in total. The lowest BCUT2D eigenvalue weighted by molar-refractivity contribution is 0.628. The number of nitrogens with zero attached hydrogens (tertiary/aromatic N) is 2. The van der Waals surface area contributed by atoms with Crippen molar-refractivity contribution in [2.75, 3.05) is 5.73 Å². The second-order valence-electron chi connectivity index (χ2n) is 4.33. The molecule has 0 bridgehead atoms. The molecule has 3 aromatic rings. The van der Waals surface area contributed by atoms with Gasteiger partial charge in [0, 0.05) is 16.1 Å². The topological polar surface area (TPSA) is 43.8 Å². The molecule has 1 heterocycles. The molecule has 0 aliphatic carbocycles. The number of aromatic nitrogens is 2. The molecule has 0 fully saturated rings. The molecule has 20 heavy (non-hydrogen) atoms. The summed E-state index contributed by atoms with van der Waals surface area (Å²) >= 11 is 3.47. The van der Waals surface area contributed by atoms with Gasteiger partial charge in [-0.05, 0) is 40.2 Å². The second kappa shape index (κ2) is 5.09. The molecule has 0 spiro atoms. The van der Waals surface area contributed by atoms with Gasteiger partial charge < -0.3 is 5.73 Å². The number of benzene rings is 2. The van der Waals surface area contributed by atoms with Crippen molar-refractivity contribution in [1.29, 1.82) is 0 Å². The molecule has 0 saturated heterocycles. The molecule has 0 saturated carbocycles. The minimum atomic E-state index is -0.295. The van der Waals surface area contributed by atoms with Crippen molar-refractivity contribution < 1.29 is 4.39 Å². The van der Waals surface area contributed by atoms with Crippen LogP contribution in [0.5, 0.6) is 0 Å². The monoisotopic (exact) mass is 331 g/mol. The van der Waals surface area contributed by atoms with E-state index in [9.17, 15) is 4.39 Å². The van der Waals surface area contributed by atoms with E-state index in [2.05, 4.69) is 21.0 Å². The number of para-hydroxylation sites is 1. The quantitative estimate of drug-likeness (QED) is 0.770. The fraction of sp³-hybridized carbons (Fsp3) is 0. The van der Waals surface area contributed by atoms with Crippen LogP contribution < -0.4 is 5.73 Å². The first-order chi connectivity index (χ1) is 9.65. The van der Waals surface area contributed by atoms with Gasteiger partial charge in [-0.1, -0.05) is 24.3 Å². The molecular weight excluding hydrogens is 321 g/mol. The standard InChI is InChI=1S/C15H11BrFN3/c16-12-6-1-2-7-14(12)20-15(18)9-13(19-20)10-4-3-5-11(17)8-10/h1-9H,18H2. The normalized spacial score (nSPS) is 10.7. The molecule has 5 heteroatoms. The molecular formula is C15H11BrFN3. The van der Waals surface area contributed by atoms with E-state index in [-0.39, 0.29) is 5.82 Å². The predicted molar refractivity (Wildman–Crippen MR) is 81.1 cm³/mol. The van der Waals surface area contributed by atoms with Gasteiger partial charge in [0.25, 0.3) is 0 Å². The van der Waals surface area contributed by atoms with Crippen LogP contribution in [0.1, 0.15) is 0 Å². The van der Waals surface area contributed by atoms with Crippen LogP contribution in [-0.4, -0.2) is 9.78 Å². The highest BCUT2D eigenvalue weighted by Gasteiger charge is 2.11. The molecule has 1 aromatic heterocycles. The molecule has 2 aromatic carbocycles. The summed E-state index contributed by atoms with van der Waals surface area (Å²) in [5.41, 5.74) is 8.18. The number of nitrogens with two attached hydrogens (primary N) is 1. The predicted octanol–water partition coefficient (Wildman–Crippen LogP) is 4.02. The Labute approximate surface area is 124 Å². The van der Waals surface area contributed by atoms with Gasteiger partial charge in [-0.15, -0.1) is 0 Å². The molecule has 0 unspecified atom stereocenters. The van der Waals surface area contributed by atoms with Crippen LogP contribution >= 0.6 is 15.9 Å². The first-order valence-electron chi connectivity index (χ1n) is 6.01. The largest absolute Gasteiger partial charge is 0.384 e. The highest BCUT2D eigenvalue weighted by molar-refractivity contribution is 9.10. The molecule has 3 rings (SSSR count). The van der Waals surface area contributed by atoms with E-state index in [4.69, 9.17) is 5.73 Å². The summed E-state index contributed by atoms with van der Waals surface area (Å²) in [6, 6.07) is 15.7. The maximum absolute atomic E-state index is 13.3. The summed E-state index contributed by atoms with van der Waals surface area (Å²) in [7, 11) is 0. The average molecular weight is 332 g/mol. The van der Waals surface area contributed by atoms with Crippen molar-refractivity contribution in [3.05, 3.63) is 64.9 Å². The summed E-state index contributed by atoms with van der Waals surface area (Å²) in [6.07, 6.45) is 0. The van der Waals surface area contributed by atoms with Gasteiger partial charge in [0.2, 0.25) is 0 Å². The van der Waals surface area contributed by atoms with Crippen LogP contribution in [0.2, 0.25) is 0 Å². The van der Waals surface area contributed by atoms with Crippen molar-refractivity contribution in [2.24, 2.45) is 0 Å². The van der Waals surface area contributed by atoms with E-state index in [1.54, 1.807) is 22.9 Å². The van der Waals surface area contributed by atoms with Gasteiger partial charge in [-0.2, -0.15) is 5.10 Å². The van der Waals surface area contributed by atoms with Crippen molar-refractivity contribution >= 4 is 21.7 Å². The zero-order valence-electron chi connectivity index (χ0n) is 10.4. The van der Waals surface area contributed by atoms with E-state index in [1.807, 2.05) is 24.3 Å². The van der Waals surface area contributed by atoms with E-state index >= 15 is 0 Å². The number of halogens is 2. The van der Waals surface area contributed by atoms with Gasteiger partial charge in [0.15, 0.2) is 0 Å². The molecule has 0 radical (unpaired) electrons. The Hall–Kier alpha value is -2.14. The first kappa shape index (κ1) is 12.9. The van der Waals surface area contributed by atoms with Gasteiger partial charge in [0.1, 0.15) is 11.6 Å². The van der Waals surface area contributed by atoms with E-state index in [0.29, 0.717) is 17.1 Å². The highest BCUT2D eigenvalue weighted by atomic mass is 79.9. The Bertz CT molecular complexity index is 767. The van der Waals surface area contributed by atoms with E-state index in [0.717, 1.165) is 10.2 Å². The Kier molecular flexibility index (Phi) is 3.28. The van der Waals surface area contributed by atoms with Crippen LogP contribution in [0.25, 0.3) is 16.9 Å². The van der Waals surface area contributed by atoms with Crippen molar-refractivity contribution in [2.45, 2.75) is 0 Å². The fourth-order valence-electron chi connectivity index (χ4n) is 2.00. The van der Waals surface area contributed by atoms with Gasteiger partial charge >= 0.3 is 0 Å². The van der Waals surface area contributed by atoms with Crippen LogP contribution in [0.15, 0.2) is 59.1 Å². The number of nitrogen functional groups attached to an aromatic ring is 1. The van der Waals surface area contributed by atoms with Gasteiger partial charge in [-0.25, -0.2) is 9.07 Å². The molecule has 100 valence electrons. The molecule has 0 amide bonds. The smallest absolute Gasteiger partial charge is 0.127 e. The van der Waals surface area contributed by atoms with Crippen LogP contribution in [0.3, 0.4) is 0 Å². The minimum Gasteiger partial charge on any atom is -0.384 e. The summed E-state index contributed by atoms with van der Waals surface area (Å²) in [4.78, 5) is 0. The molecule has 0 aliphatic heterocycles. The van der Waals surface area contributed by atoms with Crippen molar-refractivity contribution in [1.82, 2.24) is 9.78 Å². The van der Waals surface area contributed by atoms with Crippen molar-refractivity contribution in [3.63, 3.8) is 0 Å². The first-order valence-corrected chi connectivity index (χ1v) is 6.81. The zero-order valence-corrected chi connectivity index (χ0v) is 12.0. The maximum Gasteiger partial charge on any atom is 0.127 e. The SMILES string of the molecule is Nc1cc(-c2cccc(F)c2)nn1-c1ccccc1Br. The van der Waals surface area contributed by atoms with Crippen LogP contribution in [0, 0.1) is 5.82 Å². The van der Waals surface area contributed by atoms with Crippen molar-refractivity contribution in [3.8, 4) is 16.9 Å². The summed E-state index contributed by atoms with van der Waals surface area (Å²) < 4.78 is 15.8. The Balaban J connectivity index is 2.10. The number of hydrogen-bond acceptors (Lipinski definition) is 2. The lowest BCUT2D eigenvalue weighted by atomic mass is 10.1. The second-order valence-corrected chi connectivity index (χ2v) is 5.18. The Morgan fingerprint density at radius 3 is 2.60 bits per heavy atom. The zero-order chi connectivity index (χ0) is 14.1. The van der Waals surface area contributed by atoms with Gasteiger partial charge in [-0.3, -0.25) is 0 Å². The molecule has 2 N–H and O–H groups in total. The summed E-state index contributed by atoms with van der Waals surface area (Å²) in [5.74, 6) is 0.202. The van der Waals surface area contributed by atoms with Crippen LogP contribution in [0.4, 0.5) is 10.2 Å². The molecule has 0 aliphatic rings. The third kappa shape index (κ3) is 2.32. The number of hydrogen-bond donors (Lipinski definition) is 1. The minimum absolute atomic E-state index is 0.295. The lowest BCUT2D eigenvalue weighted by Crippen LogP contribution is -2.02. The van der Waals surface area contributed by atoms with E-state index in [1.165, 1.54) is 12.1 Å². The number of rotatable bonds is 2.